The van der Waals surface area contributed by atoms with Crippen molar-refractivity contribution in [2.45, 2.75) is 30.8 Å². The van der Waals surface area contributed by atoms with Crippen LogP contribution >= 0.6 is 0 Å². The monoisotopic (exact) mass is 478 g/mol. The predicted molar refractivity (Wildman–Crippen MR) is 132 cm³/mol. The number of piperidine rings is 1. The quantitative estimate of drug-likeness (QED) is 0.484. The summed E-state index contributed by atoms with van der Waals surface area (Å²) in [5.74, 6) is 0.208. The van der Waals surface area contributed by atoms with E-state index in [1.165, 1.54) is 4.31 Å². The van der Waals surface area contributed by atoms with Crippen molar-refractivity contribution >= 4 is 15.9 Å². The fourth-order valence-electron chi connectivity index (χ4n) is 4.34. The molecule has 0 saturated carbocycles. The Hall–Kier alpha value is -3.16. The van der Waals surface area contributed by atoms with Gasteiger partial charge in [-0.2, -0.15) is 4.31 Å². The molecule has 1 aliphatic rings. The molecule has 0 bridgehead atoms. The molecule has 7 heteroatoms. The van der Waals surface area contributed by atoms with E-state index in [0.29, 0.717) is 38.2 Å². The fraction of sp³-hybridized carbons (Fsp3) is 0.296. The summed E-state index contributed by atoms with van der Waals surface area (Å²) < 4.78 is 33.1. The molecule has 0 aromatic heterocycles. The third-order valence-electron chi connectivity index (χ3n) is 6.17. The van der Waals surface area contributed by atoms with Crippen LogP contribution in [0.3, 0.4) is 0 Å². The minimum Gasteiger partial charge on any atom is -0.497 e. The number of carbonyl (C=O) groups excluding carboxylic acids is 1. The van der Waals surface area contributed by atoms with Crippen LogP contribution in [-0.4, -0.2) is 43.7 Å². The van der Waals surface area contributed by atoms with Crippen LogP contribution in [-0.2, 0) is 27.9 Å². The highest BCUT2D eigenvalue weighted by atomic mass is 32.2. The van der Waals surface area contributed by atoms with Gasteiger partial charge >= 0.3 is 0 Å². The molecule has 1 fully saturated rings. The molecule has 1 aliphatic heterocycles. The molecular weight excluding hydrogens is 448 g/mol. The van der Waals surface area contributed by atoms with Crippen LogP contribution in [0.5, 0.6) is 5.75 Å². The summed E-state index contributed by atoms with van der Waals surface area (Å²) in [6.07, 6.45) is 1.32. The van der Waals surface area contributed by atoms with E-state index in [2.05, 4.69) is 0 Å². The molecular formula is C27H30N2O4S. The summed E-state index contributed by atoms with van der Waals surface area (Å²) >= 11 is 0. The van der Waals surface area contributed by atoms with Gasteiger partial charge in [-0.1, -0.05) is 60.7 Å². The van der Waals surface area contributed by atoms with E-state index < -0.39 is 10.0 Å². The third-order valence-corrected chi connectivity index (χ3v) is 8.05. The van der Waals surface area contributed by atoms with E-state index in [1.54, 1.807) is 31.4 Å². The number of amides is 1. The summed E-state index contributed by atoms with van der Waals surface area (Å²) in [6, 6.07) is 26.2. The molecule has 6 nitrogen and oxygen atoms in total. The van der Waals surface area contributed by atoms with E-state index in [4.69, 9.17) is 4.74 Å². The maximum Gasteiger partial charge on any atom is 0.243 e. The number of methoxy groups -OCH3 is 1. The molecule has 1 amide bonds. The molecule has 3 aromatic carbocycles. The van der Waals surface area contributed by atoms with Crippen LogP contribution in [0.2, 0.25) is 0 Å². The van der Waals surface area contributed by atoms with Gasteiger partial charge in [0.2, 0.25) is 15.9 Å². The summed E-state index contributed by atoms with van der Waals surface area (Å²) in [4.78, 5) is 15.7. The molecule has 1 saturated heterocycles. The first-order valence-corrected chi connectivity index (χ1v) is 12.9. The second-order valence-corrected chi connectivity index (χ2v) is 10.5. The summed E-state index contributed by atoms with van der Waals surface area (Å²) in [6.45, 7) is 1.56. The van der Waals surface area contributed by atoms with Crippen LogP contribution in [0.1, 0.15) is 24.0 Å². The second kappa shape index (κ2) is 10.8. The van der Waals surface area contributed by atoms with Gasteiger partial charge in [-0.3, -0.25) is 4.79 Å². The van der Waals surface area contributed by atoms with E-state index >= 15 is 0 Å². The highest BCUT2D eigenvalue weighted by Crippen LogP contribution is 2.27. The van der Waals surface area contributed by atoms with Gasteiger partial charge in [0.05, 0.1) is 17.9 Å². The third kappa shape index (κ3) is 5.66. The normalized spacial score (nSPS) is 16.7. The zero-order valence-corrected chi connectivity index (χ0v) is 20.2. The minimum absolute atomic E-state index is 0.0117. The summed E-state index contributed by atoms with van der Waals surface area (Å²) in [7, 11) is -2.15. The van der Waals surface area contributed by atoms with Crippen LogP contribution in [0.4, 0.5) is 0 Å². The maximum absolute atomic E-state index is 13.7. The molecule has 0 aliphatic carbocycles. The number of rotatable bonds is 8. The molecule has 1 unspecified atom stereocenters. The highest BCUT2D eigenvalue weighted by molar-refractivity contribution is 7.89. The Labute approximate surface area is 201 Å². The number of ether oxygens (including phenoxy) is 1. The zero-order chi connectivity index (χ0) is 24.0. The van der Waals surface area contributed by atoms with Gasteiger partial charge < -0.3 is 9.64 Å². The molecule has 0 radical (unpaired) electrons. The lowest BCUT2D eigenvalue weighted by Gasteiger charge is -2.34. The topological polar surface area (TPSA) is 66.9 Å². The van der Waals surface area contributed by atoms with Crippen molar-refractivity contribution in [2.24, 2.45) is 5.92 Å². The van der Waals surface area contributed by atoms with Gasteiger partial charge in [0, 0.05) is 26.2 Å². The van der Waals surface area contributed by atoms with Crippen molar-refractivity contribution in [2.75, 3.05) is 20.2 Å². The molecule has 1 heterocycles. The van der Waals surface area contributed by atoms with Gasteiger partial charge in [-0.25, -0.2) is 8.42 Å². The first kappa shape index (κ1) is 24.0. The standard InChI is InChI=1S/C27H30N2O4S/c1-33-25-14-16-26(17-15-25)34(31,32)29-18-8-13-24(21-29)27(30)28(19-22-9-4-2-5-10-22)20-23-11-6-3-7-12-23/h2-7,9-12,14-17,24H,8,13,18-21H2,1H3. The van der Waals surface area contributed by atoms with Crippen molar-refractivity contribution in [3.63, 3.8) is 0 Å². The van der Waals surface area contributed by atoms with Crippen molar-refractivity contribution in [3.05, 3.63) is 96.1 Å². The lowest BCUT2D eigenvalue weighted by molar-refractivity contribution is -0.138. The van der Waals surface area contributed by atoms with Gasteiger partial charge in [0.1, 0.15) is 5.75 Å². The number of hydrogen-bond donors (Lipinski definition) is 0. The Bertz CT molecular complexity index is 1140. The second-order valence-electron chi connectivity index (χ2n) is 8.54. The van der Waals surface area contributed by atoms with Crippen molar-refractivity contribution in [1.29, 1.82) is 0 Å². The average molecular weight is 479 g/mol. The SMILES string of the molecule is COc1ccc(S(=O)(=O)N2CCCC(C(=O)N(Cc3ccccc3)Cc3ccccc3)C2)cc1. The van der Waals surface area contributed by atoms with Gasteiger partial charge in [-0.05, 0) is 48.2 Å². The van der Waals surface area contributed by atoms with E-state index in [0.717, 1.165) is 11.1 Å². The van der Waals surface area contributed by atoms with Crippen molar-refractivity contribution < 1.29 is 17.9 Å². The Morgan fingerprint density at radius 2 is 1.47 bits per heavy atom. The average Bonchev–Trinajstić information content (AvgIpc) is 2.89. The Balaban J connectivity index is 1.53. The largest absolute Gasteiger partial charge is 0.497 e. The Kier molecular flexibility index (Phi) is 7.65. The van der Waals surface area contributed by atoms with Crippen molar-refractivity contribution in [3.8, 4) is 5.75 Å². The Morgan fingerprint density at radius 3 is 2.00 bits per heavy atom. The molecule has 178 valence electrons. The summed E-state index contributed by atoms with van der Waals surface area (Å²) in [5, 5.41) is 0. The molecule has 0 N–H and O–H groups in total. The van der Waals surface area contributed by atoms with Gasteiger partial charge in [0.25, 0.3) is 0 Å². The van der Waals surface area contributed by atoms with Crippen LogP contribution in [0.25, 0.3) is 0 Å². The maximum atomic E-state index is 13.7. The van der Waals surface area contributed by atoms with Crippen LogP contribution < -0.4 is 4.74 Å². The summed E-state index contributed by atoms with van der Waals surface area (Å²) in [5.41, 5.74) is 2.09. The fourth-order valence-corrected chi connectivity index (χ4v) is 5.86. The smallest absolute Gasteiger partial charge is 0.243 e. The van der Waals surface area contributed by atoms with Gasteiger partial charge in [-0.15, -0.1) is 0 Å². The molecule has 0 spiro atoms. The van der Waals surface area contributed by atoms with Crippen LogP contribution in [0, 0.1) is 5.92 Å². The van der Waals surface area contributed by atoms with Crippen molar-refractivity contribution in [1.82, 2.24) is 9.21 Å². The van der Waals surface area contributed by atoms with Gasteiger partial charge in [0.15, 0.2) is 0 Å². The lowest BCUT2D eigenvalue weighted by Crippen LogP contribution is -2.46. The number of carbonyl (C=O) groups is 1. The lowest BCUT2D eigenvalue weighted by atomic mass is 9.97. The van der Waals surface area contributed by atoms with E-state index in [1.807, 2.05) is 65.6 Å². The van der Waals surface area contributed by atoms with E-state index in [9.17, 15) is 13.2 Å². The zero-order valence-electron chi connectivity index (χ0n) is 19.3. The number of nitrogens with zero attached hydrogens (tertiary/aromatic N) is 2. The number of hydrogen-bond acceptors (Lipinski definition) is 4. The first-order valence-electron chi connectivity index (χ1n) is 11.5. The molecule has 3 aromatic rings. The highest BCUT2D eigenvalue weighted by Gasteiger charge is 2.35. The van der Waals surface area contributed by atoms with E-state index in [-0.39, 0.29) is 23.3 Å². The number of sulfonamides is 1. The predicted octanol–water partition coefficient (Wildman–Crippen LogP) is 4.32. The first-order chi connectivity index (χ1) is 16.5. The molecule has 1 atom stereocenters. The molecule has 4 rings (SSSR count). The minimum atomic E-state index is -3.69. The number of benzene rings is 3. The molecule has 34 heavy (non-hydrogen) atoms. The van der Waals surface area contributed by atoms with Crippen LogP contribution in [0.15, 0.2) is 89.8 Å². The Morgan fingerprint density at radius 1 is 0.912 bits per heavy atom.